The number of nitrogen functional groups attached to an aromatic ring is 1. The molecule has 2 aromatic heterocycles. The first-order valence-corrected chi connectivity index (χ1v) is 9.03. The van der Waals surface area contributed by atoms with Gasteiger partial charge in [-0.15, -0.1) is 0 Å². The van der Waals surface area contributed by atoms with E-state index in [1.165, 1.54) is 5.56 Å². The molecule has 0 radical (unpaired) electrons. The molecule has 1 aliphatic carbocycles. The molecule has 2 heterocycles. The van der Waals surface area contributed by atoms with Gasteiger partial charge in [-0.3, -0.25) is 4.98 Å². The highest BCUT2D eigenvalue weighted by Crippen LogP contribution is 2.30. The van der Waals surface area contributed by atoms with Gasteiger partial charge in [-0.05, 0) is 56.4 Å². The van der Waals surface area contributed by atoms with Gasteiger partial charge in [0, 0.05) is 36.4 Å². The smallest absolute Gasteiger partial charge is 0.149 e. The number of hydrogen-bond acceptors (Lipinski definition) is 6. The van der Waals surface area contributed by atoms with Gasteiger partial charge < -0.3 is 15.8 Å². The first kappa shape index (κ1) is 16.6. The van der Waals surface area contributed by atoms with Gasteiger partial charge in [0.15, 0.2) is 0 Å². The number of benzene rings is 1. The molecule has 6 nitrogen and oxygen atoms in total. The van der Waals surface area contributed by atoms with Crippen molar-refractivity contribution in [3.05, 3.63) is 48.4 Å². The Bertz CT molecular complexity index is 906. The minimum absolute atomic E-state index is 0.172. The third kappa shape index (κ3) is 3.69. The van der Waals surface area contributed by atoms with Crippen LogP contribution in [0.5, 0.6) is 5.75 Å². The van der Waals surface area contributed by atoms with Gasteiger partial charge in [0.25, 0.3) is 0 Å². The monoisotopic (exact) mass is 349 g/mol. The summed E-state index contributed by atoms with van der Waals surface area (Å²) < 4.78 is 6.24. The lowest BCUT2D eigenvalue weighted by Gasteiger charge is -2.30. The van der Waals surface area contributed by atoms with E-state index in [4.69, 9.17) is 10.5 Å². The van der Waals surface area contributed by atoms with Crippen LogP contribution >= 0.6 is 0 Å². The van der Waals surface area contributed by atoms with Gasteiger partial charge in [-0.1, -0.05) is 0 Å². The molecule has 1 saturated carbocycles. The van der Waals surface area contributed by atoms with Gasteiger partial charge >= 0.3 is 0 Å². The lowest BCUT2D eigenvalue weighted by Crippen LogP contribution is -2.31. The quantitative estimate of drug-likeness (QED) is 0.698. The van der Waals surface area contributed by atoms with Crippen LogP contribution in [0.1, 0.15) is 31.2 Å². The van der Waals surface area contributed by atoms with Gasteiger partial charge in [0.1, 0.15) is 17.1 Å². The third-order valence-corrected chi connectivity index (χ3v) is 4.80. The molecule has 26 heavy (non-hydrogen) atoms. The minimum Gasteiger partial charge on any atom is -0.488 e. The number of anilines is 2. The molecule has 0 saturated heterocycles. The van der Waals surface area contributed by atoms with Crippen LogP contribution in [0.25, 0.3) is 11.0 Å². The topological polar surface area (TPSA) is 86.0 Å². The Morgan fingerprint density at radius 3 is 2.62 bits per heavy atom. The molecule has 0 unspecified atom stereocenters. The molecule has 4 rings (SSSR count). The summed E-state index contributed by atoms with van der Waals surface area (Å²) in [6.45, 7) is 2.08. The molecule has 0 atom stereocenters. The van der Waals surface area contributed by atoms with Gasteiger partial charge in [-0.2, -0.15) is 0 Å². The average Bonchev–Trinajstić information content (AvgIpc) is 2.63. The number of fused-ring (bicyclic) bond motifs is 1. The minimum atomic E-state index is 0.172. The highest BCUT2D eigenvalue weighted by Gasteiger charge is 2.23. The lowest BCUT2D eigenvalue weighted by molar-refractivity contribution is 0.152. The van der Waals surface area contributed by atoms with Crippen molar-refractivity contribution >= 4 is 22.5 Å². The molecule has 0 bridgehead atoms. The Balaban J connectivity index is 1.40. The van der Waals surface area contributed by atoms with Crippen molar-refractivity contribution in [1.82, 2.24) is 15.0 Å². The molecule has 1 aromatic carbocycles. The number of nitrogens with one attached hydrogen (secondary N) is 1. The van der Waals surface area contributed by atoms with E-state index < -0.39 is 0 Å². The van der Waals surface area contributed by atoms with E-state index in [1.807, 2.05) is 24.4 Å². The molecular weight excluding hydrogens is 326 g/mol. The first-order valence-electron chi connectivity index (χ1n) is 9.03. The molecule has 0 aliphatic heterocycles. The summed E-state index contributed by atoms with van der Waals surface area (Å²) in [6.07, 6.45) is 9.44. The van der Waals surface area contributed by atoms with Crippen LogP contribution in [-0.2, 0) is 0 Å². The van der Waals surface area contributed by atoms with E-state index in [0.29, 0.717) is 11.7 Å². The van der Waals surface area contributed by atoms with Crippen LogP contribution in [-0.4, -0.2) is 27.1 Å². The summed E-state index contributed by atoms with van der Waals surface area (Å²) in [6, 6.07) is 8.19. The van der Waals surface area contributed by atoms with Crippen molar-refractivity contribution in [2.75, 3.05) is 11.1 Å². The molecule has 134 valence electrons. The van der Waals surface area contributed by atoms with Crippen LogP contribution in [0.4, 0.5) is 11.5 Å². The van der Waals surface area contributed by atoms with E-state index >= 15 is 0 Å². The number of ether oxygens (including phenoxy) is 1. The first-order chi connectivity index (χ1) is 12.7. The highest BCUT2D eigenvalue weighted by atomic mass is 16.5. The number of rotatable bonds is 4. The zero-order valence-corrected chi connectivity index (χ0v) is 14.9. The maximum Gasteiger partial charge on any atom is 0.149 e. The van der Waals surface area contributed by atoms with E-state index in [9.17, 15) is 0 Å². The van der Waals surface area contributed by atoms with Crippen molar-refractivity contribution in [2.45, 2.75) is 44.8 Å². The van der Waals surface area contributed by atoms with Gasteiger partial charge in [-0.25, -0.2) is 9.97 Å². The maximum atomic E-state index is 6.24. The van der Waals surface area contributed by atoms with Crippen molar-refractivity contribution in [3.63, 3.8) is 0 Å². The normalized spacial score (nSPS) is 20.0. The number of aryl methyl sites for hydroxylation is 1. The van der Waals surface area contributed by atoms with Crippen LogP contribution in [0.3, 0.4) is 0 Å². The zero-order valence-electron chi connectivity index (χ0n) is 14.9. The summed E-state index contributed by atoms with van der Waals surface area (Å²) in [4.78, 5) is 13.1. The SMILES string of the molecule is Cc1ccnc(NC2CCC(Oc3cc(N)cc4nccnc34)CC2)c1. The molecular formula is C20H23N5O. The Kier molecular flexibility index (Phi) is 4.56. The average molecular weight is 349 g/mol. The van der Waals surface area contributed by atoms with E-state index in [-0.39, 0.29) is 6.10 Å². The molecule has 1 aliphatic rings. The molecule has 3 N–H and O–H groups in total. The molecule has 1 fully saturated rings. The van der Waals surface area contributed by atoms with E-state index in [1.54, 1.807) is 12.4 Å². The molecule has 3 aromatic rings. The predicted octanol–water partition coefficient (Wildman–Crippen LogP) is 3.72. The van der Waals surface area contributed by atoms with Crippen LogP contribution in [0, 0.1) is 6.92 Å². The van der Waals surface area contributed by atoms with E-state index in [0.717, 1.165) is 48.3 Å². The fraction of sp³-hybridized carbons (Fsp3) is 0.350. The Morgan fingerprint density at radius 2 is 1.81 bits per heavy atom. The second-order valence-electron chi connectivity index (χ2n) is 6.90. The summed E-state index contributed by atoms with van der Waals surface area (Å²) in [5, 5.41) is 3.54. The lowest BCUT2D eigenvalue weighted by atomic mass is 9.93. The standard InChI is InChI=1S/C20H23N5O/c1-13-6-7-23-19(10-13)25-15-2-4-16(5-3-15)26-18-12-14(21)11-17-20(18)24-9-8-22-17/h6-12,15-16H,2-5,21H2,1H3,(H,23,25). The predicted molar refractivity (Wildman–Crippen MR) is 103 cm³/mol. The molecule has 0 amide bonds. The number of aromatic nitrogens is 3. The number of pyridine rings is 1. The van der Waals surface area contributed by atoms with Gasteiger partial charge in [0.05, 0.1) is 11.6 Å². The molecule has 6 heteroatoms. The molecule has 0 spiro atoms. The van der Waals surface area contributed by atoms with Crippen LogP contribution in [0.15, 0.2) is 42.9 Å². The Labute approximate surface area is 152 Å². The highest BCUT2D eigenvalue weighted by molar-refractivity contribution is 5.84. The van der Waals surface area contributed by atoms with Crippen LogP contribution in [0.2, 0.25) is 0 Å². The van der Waals surface area contributed by atoms with Crippen LogP contribution < -0.4 is 15.8 Å². The Hall–Kier alpha value is -2.89. The van der Waals surface area contributed by atoms with Crippen molar-refractivity contribution in [1.29, 1.82) is 0 Å². The van der Waals surface area contributed by atoms with Crippen molar-refractivity contribution < 1.29 is 4.74 Å². The van der Waals surface area contributed by atoms with E-state index in [2.05, 4.69) is 33.3 Å². The summed E-state index contributed by atoms with van der Waals surface area (Å²) in [7, 11) is 0. The fourth-order valence-corrected chi connectivity index (χ4v) is 3.48. The fourth-order valence-electron chi connectivity index (χ4n) is 3.48. The largest absolute Gasteiger partial charge is 0.488 e. The maximum absolute atomic E-state index is 6.24. The summed E-state index contributed by atoms with van der Waals surface area (Å²) in [5.74, 6) is 1.68. The second kappa shape index (κ2) is 7.15. The number of nitrogens with two attached hydrogens (primary N) is 1. The number of nitrogens with zero attached hydrogens (tertiary/aromatic N) is 3. The third-order valence-electron chi connectivity index (χ3n) is 4.80. The summed E-state index contributed by atoms with van der Waals surface area (Å²) in [5.41, 5.74) is 9.39. The Morgan fingerprint density at radius 1 is 1.00 bits per heavy atom. The second-order valence-corrected chi connectivity index (χ2v) is 6.90. The summed E-state index contributed by atoms with van der Waals surface area (Å²) >= 11 is 0. The van der Waals surface area contributed by atoms with Crippen molar-refractivity contribution in [3.8, 4) is 5.75 Å². The van der Waals surface area contributed by atoms with Gasteiger partial charge in [0.2, 0.25) is 0 Å². The van der Waals surface area contributed by atoms with Crippen molar-refractivity contribution in [2.24, 2.45) is 0 Å². The number of hydrogen-bond donors (Lipinski definition) is 2. The zero-order chi connectivity index (χ0) is 17.9.